The molecule has 0 radical (unpaired) electrons. The van der Waals surface area contributed by atoms with Crippen LogP contribution in [-0.2, 0) is 16.1 Å². The Balaban J connectivity index is 1.81. The topological polar surface area (TPSA) is 91.7 Å². The highest BCUT2D eigenvalue weighted by Gasteiger charge is 2.21. The number of rotatable bonds is 6. The summed E-state index contributed by atoms with van der Waals surface area (Å²) in [5.74, 6) is 0.651. The van der Waals surface area contributed by atoms with Crippen LogP contribution in [0.4, 0.5) is 5.82 Å². The number of pyridine rings is 1. The van der Waals surface area contributed by atoms with Crippen LogP contribution in [0.15, 0.2) is 30.6 Å². The fourth-order valence-electron chi connectivity index (χ4n) is 2.82. The van der Waals surface area contributed by atoms with Crippen molar-refractivity contribution in [2.24, 2.45) is 0 Å². The molecule has 2 aromatic heterocycles. The van der Waals surface area contributed by atoms with E-state index in [2.05, 4.69) is 19.9 Å². The molecule has 8 heteroatoms. The molecule has 0 amide bonds. The smallest absolute Gasteiger partial charge is 0.317 e. The molecular weight excluding hydrogens is 322 g/mol. The minimum atomic E-state index is -0.795. The van der Waals surface area contributed by atoms with Crippen LogP contribution in [0, 0.1) is 0 Å². The number of carboxylic acid groups (broad SMARTS) is 1. The molecule has 0 bridgehead atoms. The average Bonchev–Trinajstić information content (AvgIpc) is 2.63. The highest BCUT2D eigenvalue weighted by Crippen LogP contribution is 2.21. The summed E-state index contributed by atoms with van der Waals surface area (Å²) < 4.78 is 5.22. The van der Waals surface area contributed by atoms with Crippen molar-refractivity contribution in [3.05, 3.63) is 36.3 Å². The third-order valence-corrected chi connectivity index (χ3v) is 4.03. The zero-order chi connectivity index (χ0) is 17.6. The van der Waals surface area contributed by atoms with Crippen LogP contribution in [0.1, 0.15) is 5.69 Å². The van der Waals surface area contributed by atoms with Gasteiger partial charge in [0.25, 0.3) is 0 Å². The summed E-state index contributed by atoms with van der Waals surface area (Å²) >= 11 is 0. The van der Waals surface area contributed by atoms with Crippen LogP contribution >= 0.6 is 0 Å². The van der Waals surface area contributed by atoms with Gasteiger partial charge in [0.1, 0.15) is 5.82 Å². The minimum Gasteiger partial charge on any atom is -0.480 e. The normalized spacial score (nSPS) is 15.3. The van der Waals surface area contributed by atoms with Gasteiger partial charge in [-0.3, -0.25) is 14.7 Å². The number of methoxy groups -OCH3 is 1. The van der Waals surface area contributed by atoms with Gasteiger partial charge < -0.3 is 14.7 Å². The lowest BCUT2D eigenvalue weighted by Gasteiger charge is -2.34. The Kier molecular flexibility index (Phi) is 5.52. The summed E-state index contributed by atoms with van der Waals surface area (Å²) in [5, 5.41) is 8.91. The van der Waals surface area contributed by atoms with E-state index in [0.717, 1.165) is 30.2 Å². The average molecular weight is 343 g/mol. The van der Waals surface area contributed by atoms with Gasteiger partial charge in [-0.15, -0.1) is 0 Å². The maximum Gasteiger partial charge on any atom is 0.317 e. The molecule has 1 aliphatic heterocycles. The fourth-order valence-corrected chi connectivity index (χ4v) is 2.82. The first-order valence-corrected chi connectivity index (χ1v) is 8.12. The van der Waals surface area contributed by atoms with Gasteiger partial charge in [0.15, 0.2) is 5.82 Å². The zero-order valence-electron chi connectivity index (χ0n) is 14.1. The maximum absolute atomic E-state index is 10.8. The van der Waals surface area contributed by atoms with Crippen LogP contribution in [0.3, 0.4) is 0 Å². The number of hydrogen-bond donors (Lipinski definition) is 1. The SMILES string of the molecule is COCc1cc(N2CCN(CC(=O)O)CC2)nc(-c2cccnc2)n1. The van der Waals surface area contributed by atoms with Gasteiger partial charge in [-0.2, -0.15) is 0 Å². The molecular formula is C17H21N5O3. The molecule has 1 saturated heterocycles. The van der Waals surface area contributed by atoms with Crippen LogP contribution < -0.4 is 4.90 Å². The third-order valence-electron chi connectivity index (χ3n) is 4.03. The summed E-state index contributed by atoms with van der Waals surface area (Å²) in [7, 11) is 1.64. The number of piperazine rings is 1. The second-order valence-electron chi connectivity index (χ2n) is 5.87. The summed E-state index contributed by atoms with van der Waals surface area (Å²) in [5.41, 5.74) is 1.66. The van der Waals surface area contributed by atoms with E-state index in [9.17, 15) is 4.79 Å². The Labute approximate surface area is 146 Å². The summed E-state index contributed by atoms with van der Waals surface area (Å²) in [6.07, 6.45) is 3.45. The molecule has 0 aromatic carbocycles. The highest BCUT2D eigenvalue weighted by atomic mass is 16.5. The minimum absolute atomic E-state index is 0.0769. The van der Waals surface area contributed by atoms with E-state index in [0.29, 0.717) is 25.5 Å². The van der Waals surface area contributed by atoms with Gasteiger partial charge in [-0.05, 0) is 12.1 Å². The predicted molar refractivity (Wildman–Crippen MR) is 92.3 cm³/mol. The first-order valence-electron chi connectivity index (χ1n) is 8.12. The monoisotopic (exact) mass is 343 g/mol. The molecule has 8 nitrogen and oxygen atoms in total. The van der Waals surface area contributed by atoms with E-state index in [4.69, 9.17) is 9.84 Å². The Hall–Kier alpha value is -2.58. The lowest BCUT2D eigenvalue weighted by atomic mass is 10.2. The Morgan fingerprint density at radius 2 is 2.08 bits per heavy atom. The largest absolute Gasteiger partial charge is 0.480 e. The number of nitrogens with zero attached hydrogens (tertiary/aromatic N) is 5. The number of anilines is 1. The summed E-state index contributed by atoms with van der Waals surface area (Å²) in [6, 6.07) is 5.70. The molecule has 25 heavy (non-hydrogen) atoms. The van der Waals surface area contributed by atoms with Gasteiger partial charge in [0.05, 0.1) is 18.8 Å². The van der Waals surface area contributed by atoms with Crippen molar-refractivity contribution in [3.63, 3.8) is 0 Å². The molecule has 0 spiro atoms. The second-order valence-corrected chi connectivity index (χ2v) is 5.87. The molecule has 0 unspecified atom stereocenters. The van der Waals surface area contributed by atoms with E-state index in [1.165, 1.54) is 0 Å². The van der Waals surface area contributed by atoms with Crippen LogP contribution in [0.25, 0.3) is 11.4 Å². The number of aliphatic carboxylic acids is 1. The zero-order valence-corrected chi connectivity index (χ0v) is 14.1. The van der Waals surface area contributed by atoms with Crippen LogP contribution in [0.2, 0.25) is 0 Å². The van der Waals surface area contributed by atoms with Crippen molar-refractivity contribution in [1.29, 1.82) is 0 Å². The van der Waals surface area contributed by atoms with Crippen molar-refractivity contribution in [1.82, 2.24) is 19.9 Å². The number of hydrogen-bond acceptors (Lipinski definition) is 7. The molecule has 2 aromatic rings. The van der Waals surface area contributed by atoms with E-state index in [1.807, 2.05) is 23.1 Å². The number of aromatic nitrogens is 3. The fraction of sp³-hybridized carbons (Fsp3) is 0.412. The molecule has 0 atom stereocenters. The molecule has 0 saturated carbocycles. The Bertz CT molecular complexity index is 717. The molecule has 1 N–H and O–H groups in total. The molecule has 3 heterocycles. The third kappa shape index (κ3) is 4.49. The predicted octanol–water partition coefficient (Wildman–Crippen LogP) is 0.892. The van der Waals surface area contributed by atoms with Gasteiger partial charge in [-0.25, -0.2) is 9.97 Å². The molecule has 3 rings (SSSR count). The van der Waals surface area contributed by atoms with E-state index in [-0.39, 0.29) is 6.54 Å². The first kappa shape index (κ1) is 17.2. The van der Waals surface area contributed by atoms with Crippen LogP contribution in [0.5, 0.6) is 0 Å². The first-order chi connectivity index (χ1) is 12.2. The number of ether oxygens (including phenoxy) is 1. The van der Waals surface area contributed by atoms with E-state index >= 15 is 0 Å². The van der Waals surface area contributed by atoms with Crippen molar-refractivity contribution < 1.29 is 14.6 Å². The van der Waals surface area contributed by atoms with Gasteiger partial charge in [-0.1, -0.05) is 0 Å². The Morgan fingerprint density at radius 1 is 1.28 bits per heavy atom. The molecule has 132 valence electrons. The van der Waals surface area contributed by atoms with Crippen molar-refractivity contribution in [2.75, 3.05) is 44.7 Å². The second kappa shape index (κ2) is 8.00. The lowest BCUT2D eigenvalue weighted by molar-refractivity contribution is -0.138. The number of carbonyl (C=O) groups is 1. The van der Waals surface area contributed by atoms with Crippen molar-refractivity contribution >= 4 is 11.8 Å². The van der Waals surface area contributed by atoms with Gasteiger partial charge >= 0.3 is 5.97 Å². The number of carboxylic acids is 1. The Morgan fingerprint density at radius 3 is 2.72 bits per heavy atom. The summed E-state index contributed by atoms with van der Waals surface area (Å²) in [4.78, 5) is 28.3. The standard InChI is InChI=1S/C17H21N5O3/c1-25-12-14-9-15(20-17(19-14)13-3-2-4-18-10-13)22-7-5-21(6-8-22)11-16(23)24/h2-4,9-10H,5-8,11-12H2,1H3,(H,23,24). The van der Waals surface area contributed by atoms with Crippen molar-refractivity contribution in [3.8, 4) is 11.4 Å². The molecule has 0 aliphatic carbocycles. The highest BCUT2D eigenvalue weighted by molar-refractivity contribution is 5.69. The van der Waals surface area contributed by atoms with E-state index < -0.39 is 5.97 Å². The van der Waals surface area contributed by atoms with Gasteiger partial charge in [0, 0.05) is 57.3 Å². The molecule has 1 fully saturated rings. The van der Waals surface area contributed by atoms with Gasteiger partial charge in [0.2, 0.25) is 0 Å². The van der Waals surface area contributed by atoms with E-state index in [1.54, 1.807) is 19.5 Å². The maximum atomic E-state index is 10.8. The quantitative estimate of drug-likeness (QED) is 0.827. The summed E-state index contributed by atoms with van der Waals surface area (Å²) in [6.45, 7) is 3.32. The molecule has 1 aliphatic rings. The lowest BCUT2D eigenvalue weighted by Crippen LogP contribution is -2.48. The van der Waals surface area contributed by atoms with Crippen LogP contribution in [-0.4, -0.2) is 70.8 Å². The van der Waals surface area contributed by atoms with Crippen molar-refractivity contribution in [2.45, 2.75) is 6.61 Å².